The number of anilines is 3. The third kappa shape index (κ3) is 6.40. The van der Waals surface area contributed by atoms with E-state index in [1.54, 1.807) is 0 Å². The van der Waals surface area contributed by atoms with Crippen LogP contribution < -0.4 is 15.5 Å². The Morgan fingerprint density at radius 3 is 2.55 bits per heavy atom. The van der Waals surface area contributed by atoms with E-state index in [0.717, 1.165) is 63.0 Å². The minimum atomic E-state index is -0.0418. The van der Waals surface area contributed by atoms with Crippen LogP contribution in [0.4, 0.5) is 17.5 Å². The summed E-state index contributed by atoms with van der Waals surface area (Å²) in [5.41, 5.74) is 2.10. The van der Waals surface area contributed by atoms with Gasteiger partial charge in [0.05, 0.1) is 0 Å². The SMILES string of the molecule is CC(=O)Nc1ccc(CN2CCCC(Nc3nccc(N4CCCCCC4)n3)C2)cc1. The zero-order valence-electron chi connectivity index (χ0n) is 18.5. The van der Waals surface area contributed by atoms with Gasteiger partial charge >= 0.3 is 0 Å². The van der Waals surface area contributed by atoms with E-state index in [-0.39, 0.29) is 5.91 Å². The number of rotatable bonds is 6. The van der Waals surface area contributed by atoms with Gasteiger partial charge in [0.2, 0.25) is 11.9 Å². The summed E-state index contributed by atoms with van der Waals surface area (Å²) >= 11 is 0. The molecule has 1 atom stereocenters. The van der Waals surface area contributed by atoms with Gasteiger partial charge in [-0.3, -0.25) is 9.69 Å². The summed E-state index contributed by atoms with van der Waals surface area (Å²) < 4.78 is 0. The Bertz CT molecular complexity index is 847. The summed E-state index contributed by atoms with van der Waals surface area (Å²) in [6.45, 7) is 6.70. The standard InChI is InChI=1S/C24H34N6O/c1-19(31)26-21-10-8-20(9-11-21)17-29-14-6-7-22(18-29)27-24-25-13-12-23(28-24)30-15-4-2-3-5-16-30/h8-13,22H,2-7,14-18H2,1H3,(H,26,31)(H,25,27,28). The molecule has 2 aliphatic heterocycles. The highest BCUT2D eigenvalue weighted by Gasteiger charge is 2.21. The molecule has 1 amide bonds. The van der Waals surface area contributed by atoms with E-state index in [9.17, 15) is 4.79 Å². The van der Waals surface area contributed by atoms with Crippen LogP contribution in [0.25, 0.3) is 0 Å². The number of nitrogens with one attached hydrogen (secondary N) is 2. The van der Waals surface area contributed by atoms with E-state index in [2.05, 4.69) is 37.6 Å². The average molecular weight is 423 g/mol. The van der Waals surface area contributed by atoms with Crippen LogP contribution in [0.5, 0.6) is 0 Å². The van der Waals surface area contributed by atoms with E-state index in [1.165, 1.54) is 38.2 Å². The summed E-state index contributed by atoms with van der Waals surface area (Å²) in [6.07, 6.45) is 9.31. The minimum absolute atomic E-state index is 0.0418. The highest BCUT2D eigenvalue weighted by atomic mass is 16.1. The topological polar surface area (TPSA) is 73.4 Å². The van der Waals surface area contributed by atoms with Crippen molar-refractivity contribution >= 4 is 23.4 Å². The van der Waals surface area contributed by atoms with Crippen LogP contribution in [0.15, 0.2) is 36.5 Å². The van der Waals surface area contributed by atoms with Gasteiger partial charge in [0, 0.05) is 51.0 Å². The first kappa shape index (κ1) is 21.6. The Morgan fingerprint density at radius 1 is 1.03 bits per heavy atom. The van der Waals surface area contributed by atoms with Crippen molar-refractivity contribution < 1.29 is 4.79 Å². The Hall–Kier alpha value is -2.67. The molecule has 2 saturated heterocycles. The normalized spacial score (nSPS) is 20.2. The number of likely N-dealkylation sites (tertiary alicyclic amines) is 1. The molecule has 7 nitrogen and oxygen atoms in total. The van der Waals surface area contributed by atoms with E-state index in [0.29, 0.717) is 6.04 Å². The largest absolute Gasteiger partial charge is 0.356 e. The van der Waals surface area contributed by atoms with Crippen molar-refractivity contribution in [1.29, 1.82) is 0 Å². The van der Waals surface area contributed by atoms with Crippen LogP contribution in [0.3, 0.4) is 0 Å². The number of hydrogen-bond acceptors (Lipinski definition) is 6. The maximum absolute atomic E-state index is 11.2. The molecule has 1 aromatic carbocycles. The third-order valence-electron chi connectivity index (χ3n) is 6.09. The Labute approximate surface area is 185 Å². The zero-order valence-corrected chi connectivity index (χ0v) is 18.5. The van der Waals surface area contributed by atoms with Gasteiger partial charge in [-0.05, 0) is 56.0 Å². The summed E-state index contributed by atoms with van der Waals surface area (Å²) in [4.78, 5) is 25.4. The minimum Gasteiger partial charge on any atom is -0.356 e. The maximum atomic E-state index is 11.2. The number of amides is 1. The molecule has 0 bridgehead atoms. The van der Waals surface area contributed by atoms with Crippen molar-refractivity contribution in [1.82, 2.24) is 14.9 Å². The maximum Gasteiger partial charge on any atom is 0.224 e. The molecule has 2 fully saturated rings. The van der Waals surface area contributed by atoms with E-state index in [1.807, 2.05) is 24.4 Å². The van der Waals surface area contributed by atoms with E-state index >= 15 is 0 Å². The van der Waals surface area contributed by atoms with Gasteiger partial charge in [0.25, 0.3) is 0 Å². The zero-order chi connectivity index (χ0) is 21.5. The first-order valence-corrected chi connectivity index (χ1v) is 11.6. The van der Waals surface area contributed by atoms with Crippen molar-refractivity contribution in [2.45, 2.75) is 58.0 Å². The van der Waals surface area contributed by atoms with Gasteiger partial charge < -0.3 is 15.5 Å². The van der Waals surface area contributed by atoms with Crippen molar-refractivity contribution in [3.8, 4) is 0 Å². The van der Waals surface area contributed by atoms with E-state index < -0.39 is 0 Å². The molecule has 7 heteroatoms. The number of nitrogens with zero attached hydrogens (tertiary/aromatic N) is 4. The molecule has 1 unspecified atom stereocenters. The number of piperidine rings is 1. The van der Waals surface area contributed by atoms with Gasteiger partial charge in [0.1, 0.15) is 5.82 Å². The molecule has 2 N–H and O–H groups in total. The molecule has 0 spiro atoms. The Morgan fingerprint density at radius 2 is 1.81 bits per heavy atom. The van der Waals surface area contributed by atoms with Crippen molar-refractivity contribution in [3.63, 3.8) is 0 Å². The number of carbonyl (C=O) groups is 1. The van der Waals surface area contributed by atoms with Crippen LogP contribution >= 0.6 is 0 Å². The lowest BCUT2D eigenvalue weighted by atomic mass is 10.0. The average Bonchev–Trinajstić information content (AvgIpc) is 3.05. The van der Waals surface area contributed by atoms with Crippen LogP contribution in [0, 0.1) is 0 Å². The number of aromatic nitrogens is 2. The number of hydrogen-bond donors (Lipinski definition) is 2. The third-order valence-corrected chi connectivity index (χ3v) is 6.09. The highest BCUT2D eigenvalue weighted by Crippen LogP contribution is 2.21. The molecular weight excluding hydrogens is 388 g/mol. The first-order valence-electron chi connectivity index (χ1n) is 11.6. The molecular formula is C24H34N6O. The van der Waals surface area contributed by atoms with Gasteiger partial charge in [-0.15, -0.1) is 0 Å². The molecule has 0 aliphatic carbocycles. The fraction of sp³-hybridized carbons (Fsp3) is 0.542. The summed E-state index contributed by atoms with van der Waals surface area (Å²) in [5, 5.41) is 6.41. The second kappa shape index (κ2) is 10.6. The van der Waals surface area contributed by atoms with Crippen LogP contribution in [-0.4, -0.2) is 53.0 Å². The fourth-order valence-corrected chi connectivity index (χ4v) is 4.55. The lowest BCUT2D eigenvalue weighted by Gasteiger charge is -2.33. The second-order valence-corrected chi connectivity index (χ2v) is 8.74. The van der Waals surface area contributed by atoms with Crippen LogP contribution in [0.1, 0.15) is 51.0 Å². The molecule has 2 aliphatic rings. The van der Waals surface area contributed by atoms with Gasteiger partial charge in [-0.1, -0.05) is 25.0 Å². The molecule has 31 heavy (non-hydrogen) atoms. The lowest BCUT2D eigenvalue weighted by molar-refractivity contribution is -0.114. The smallest absolute Gasteiger partial charge is 0.224 e. The fourth-order valence-electron chi connectivity index (χ4n) is 4.55. The quantitative estimate of drug-likeness (QED) is 0.736. The van der Waals surface area contributed by atoms with Crippen LogP contribution in [-0.2, 0) is 11.3 Å². The molecule has 3 heterocycles. The number of carbonyl (C=O) groups excluding carboxylic acids is 1. The summed E-state index contributed by atoms with van der Waals surface area (Å²) in [7, 11) is 0. The first-order chi connectivity index (χ1) is 15.2. The van der Waals surface area contributed by atoms with Gasteiger partial charge in [-0.25, -0.2) is 4.98 Å². The predicted octanol–water partition coefficient (Wildman–Crippen LogP) is 3.89. The Kier molecular flexibility index (Phi) is 7.35. The number of benzene rings is 1. The summed E-state index contributed by atoms with van der Waals surface area (Å²) in [5.74, 6) is 1.75. The van der Waals surface area contributed by atoms with E-state index in [4.69, 9.17) is 4.98 Å². The second-order valence-electron chi connectivity index (χ2n) is 8.74. The predicted molar refractivity (Wildman–Crippen MR) is 125 cm³/mol. The summed E-state index contributed by atoms with van der Waals surface area (Å²) in [6, 6.07) is 10.5. The monoisotopic (exact) mass is 422 g/mol. The highest BCUT2D eigenvalue weighted by molar-refractivity contribution is 5.88. The molecule has 166 valence electrons. The molecule has 2 aromatic rings. The lowest BCUT2D eigenvalue weighted by Crippen LogP contribution is -2.42. The van der Waals surface area contributed by atoms with Crippen molar-refractivity contribution in [2.75, 3.05) is 41.7 Å². The Balaban J connectivity index is 1.32. The van der Waals surface area contributed by atoms with Crippen molar-refractivity contribution in [3.05, 3.63) is 42.1 Å². The van der Waals surface area contributed by atoms with Gasteiger partial charge in [0.15, 0.2) is 0 Å². The van der Waals surface area contributed by atoms with Gasteiger partial charge in [-0.2, -0.15) is 4.98 Å². The van der Waals surface area contributed by atoms with Crippen molar-refractivity contribution in [2.24, 2.45) is 0 Å². The molecule has 0 radical (unpaired) electrons. The molecule has 4 rings (SSSR count). The van der Waals surface area contributed by atoms with Crippen LogP contribution in [0.2, 0.25) is 0 Å². The molecule has 1 aromatic heterocycles. The molecule has 0 saturated carbocycles.